The van der Waals surface area contributed by atoms with Crippen molar-refractivity contribution >= 4 is 28.0 Å². The number of carbonyl (C=O) groups excluding carboxylic acids is 2. The minimum absolute atomic E-state index is 0.154. The molecule has 1 amide bonds. The minimum Gasteiger partial charge on any atom is -0.465 e. The van der Waals surface area contributed by atoms with Crippen LogP contribution in [-0.2, 0) is 9.47 Å². The molecule has 8 heteroatoms. The van der Waals surface area contributed by atoms with Gasteiger partial charge in [-0.25, -0.2) is 14.6 Å². The molecule has 0 radical (unpaired) electrons. The van der Waals surface area contributed by atoms with Gasteiger partial charge in [0.1, 0.15) is 11.4 Å². The van der Waals surface area contributed by atoms with Crippen LogP contribution in [0, 0.1) is 0 Å². The van der Waals surface area contributed by atoms with Gasteiger partial charge in [-0.1, -0.05) is 6.07 Å². The molecule has 0 saturated carbocycles. The molecule has 2 aromatic rings. The topological polar surface area (TPSA) is 84.5 Å². The normalized spacial score (nSPS) is 16.9. The van der Waals surface area contributed by atoms with Crippen molar-refractivity contribution in [3.63, 3.8) is 0 Å². The van der Waals surface area contributed by atoms with Crippen LogP contribution in [0.4, 0.5) is 4.79 Å². The van der Waals surface area contributed by atoms with Gasteiger partial charge in [-0.05, 0) is 61.7 Å². The Morgan fingerprint density at radius 3 is 2.75 bits per heavy atom. The van der Waals surface area contributed by atoms with Crippen LogP contribution in [0.5, 0.6) is 0 Å². The highest BCUT2D eigenvalue weighted by atomic mass is 79.9. The minimum atomic E-state index is -0.541. The number of aromatic nitrogens is 2. The maximum absolute atomic E-state index is 12.5. The van der Waals surface area contributed by atoms with E-state index < -0.39 is 11.6 Å². The van der Waals surface area contributed by atoms with Gasteiger partial charge in [-0.2, -0.15) is 0 Å². The lowest BCUT2D eigenvalue weighted by Crippen LogP contribution is -2.36. The van der Waals surface area contributed by atoms with Gasteiger partial charge in [0, 0.05) is 16.6 Å². The van der Waals surface area contributed by atoms with Crippen molar-refractivity contribution in [2.75, 3.05) is 13.7 Å². The van der Waals surface area contributed by atoms with Crippen molar-refractivity contribution in [2.24, 2.45) is 0 Å². The number of likely N-dealkylation sites (tertiary alicyclic amines) is 1. The Bertz CT molecular complexity index is 888. The van der Waals surface area contributed by atoms with E-state index in [0.29, 0.717) is 22.4 Å². The number of esters is 1. The van der Waals surface area contributed by atoms with Crippen LogP contribution in [0.15, 0.2) is 28.9 Å². The lowest BCUT2D eigenvalue weighted by molar-refractivity contribution is 0.0218. The predicted octanol–water partition coefficient (Wildman–Crippen LogP) is 4.70. The number of methoxy groups -OCH3 is 1. The molecule has 3 rings (SSSR count). The predicted molar refractivity (Wildman–Crippen MR) is 108 cm³/mol. The summed E-state index contributed by atoms with van der Waals surface area (Å²) in [5, 5.41) is 0. The lowest BCUT2D eigenvalue weighted by Gasteiger charge is -2.27. The Kier molecular flexibility index (Phi) is 5.79. The number of aromatic amines is 1. The molecule has 1 N–H and O–H groups in total. The summed E-state index contributed by atoms with van der Waals surface area (Å²) < 4.78 is 11.0. The van der Waals surface area contributed by atoms with Crippen LogP contribution in [0.3, 0.4) is 0 Å². The lowest BCUT2D eigenvalue weighted by atomic mass is 10.1. The van der Waals surface area contributed by atoms with E-state index in [4.69, 9.17) is 9.47 Å². The Morgan fingerprint density at radius 1 is 1.32 bits per heavy atom. The van der Waals surface area contributed by atoms with E-state index in [1.54, 1.807) is 23.2 Å². The summed E-state index contributed by atoms with van der Waals surface area (Å²) in [7, 11) is 1.35. The first kappa shape index (κ1) is 20.4. The number of carbonyl (C=O) groups is 2. The Morgan fingerprint density at radius 2 is 2.07 bits per heavy atom. The first-order chi connectivity index (χ1) is 13.2. The van der Waals surface area contributed by atoms with Crippen LogP contribution < -0.4 is 0 Å². The molecule has 0 spiro atoms. The number of amides is 1. The number of benzene rings is 1. The fourth-order valence-corrected chi connectivity index (χ4v) is 3.61. The number of nitrogens with zero attached hydrogens (tertiary/aromatic N) is 2. The molecule has 1 aliphatic rings. The molecule has 1 aromatic heterocycles. The van der Waals surface area contributed by atoms with Crippen molar-refractivity contribution in [1.29, 1.82) is 0 Å². The summed E-state index contributed by atoms with van der Waals surface area (Å²) in [6, 6.07) is 5.27. The van der Waals surface area contributed by atoms with E-state index in [0.717, 1.165) is 24.1 Å². The highest BCUT2D eigenvalue weighted by Crippen LogP contribution is 2.33. The van der Waals surface area contributed by atoms with Gasteiger partial charge < -0.3 is 14.5 Å². The molecular formula is C20H24BrN3O4. The van der Waals surface area contributed by atoms with E-state index in [9.17, 15) is 9.59 Å². The molecule has 150 valence electrons. The fourth-order valence-electron chi connectivity index (χ4n) is 3.20. The van der Waals surface area contributed by atoms with Crippen LogP contribution >= 0.6 is 15.9 Å². The summed E-state index contributed by atoms with van der Waals surface area (Å²) in [5.74, 6) is 0.293. The van der Waals surface area contributed by atoms with Crippen molar-refractivity contribution in [3.8, 4) is 11.3 Å². The molecule has 1 aliphatic heterocycles. The van der Waals surface area contributed by atoms with Gasteiger partial charge in [-0.3, -0.25) is 4.90 Å². The van der Waals surface area contributed by atoms with Gasteiger partial charge in [-0.15, -0.1) is 0 Å². The number of ether oxygens (including phenoxy) is 2. The summed E-state index contributed by atoms with van der Waals surface area (Å²) in [6.07, 6.45) is 3.10. The third-order valence-electron chi connectivity index (χ3n) is 4.47. The second kappa shape index (κ2) is 7.95. The molecule has 0 bridgehead atoms. The van der Waals surface area contributed by atoms with E-state index in [1.165, 1.54) is 7.11 Å². The molecule has 28 heavy (non-hydrogen) atoms. The third kappa shape index (κ3) is 4.38. The molecular weight excluding hydrogens is 426 g/mol. The maximum Gasteiger partial charge on any atom is 0.410 e. The summed E-state index contributed by atoms with van der Waals surface area (Å²) in [4.78, 5) is 33.9. The highest BCUT2D eigenvalue weighted by molar-refractivity contribution is 9.10. The van der Waals surface area contributed by atoms with Crippen molar-refractivity contribution in [1.82, 2.24) is 14.9 Å². The number of halogens is 1. The van der Waals surface area contributed by atoms with Crippen LogP contribution in [0.1, 0.15) is 55.8 Å². The van der Waals surface area contributed by atoms with Gasteiger partial charge in [0.15, 0.2) is 0 Å². The largest absolute Gasteiger partial charge is 0.465 e. The molecule has 1 saturated heterocycles. The summed E-state index contributed by atoms with van der Waals surface area (Å²) >= 11 is 3.37. The quantitative estimate of drug-likeness (QED) is 0.686. The Labute approximate surface area is 172 Å². The van der Waals surface area contributed by atoms with E-state index in [2.05, 4.69) is 25.9 Å². The standard InChI is InChI=1S/C20H24BrN3O4/c1-20(2,3)28-19(26)24-9-5-6-16(24)17-22-11-15(23-17)12-7-8-14(21)13(10-12)18(25)27-4/h7-8,10-11,16H,5-6,9H2,1-4H3,(H,22,23)/t16-/m0/s1. The fraction of sp³-hybridized carbons (Fsp3) is 0.450. The molecule has 1 fully saturated rings. The number of hydrogen-bond donors (Lipinski definition) is 1. The summed E-state index contributed by atoms with van der Waals surface area (Å²) in [5.41, 5.74) is 1.47. The van der Waals surface area contributed by atoms with Gasteiger partial charge >= 0.3 is 12.1 Å². The van der Waals surface area contributed by atoms with Crippen LogP contribution in [0.25, 0.3) is 11.3 Å². The first-order valence-corrected chi connectivity index (χ1v) is 9.91. The van der Waals surface area contributed by atoms with E-state index in [1.807, 2.05) is 26.8 Å². The van der Waals surface area contributed by atoms with Crippen LogP contribution in [-0.4, -0.2) is 46.2 Å². The SMILES string of the molecule is COC(=O)c1cc(-c2cnc([C@@H]3CCCN3C(=O)OC(C)(C)C)[nH]2)ccc1Br. The zero-order valence-electron chi connectivity index (χ0n) is 16.4. The molecule has 0 aliphatic carbocycles. The second-order valence-electron chi connectivity index (χ2n) is 7.70. The first-order valence-electron chi connectivity index (χ1n) is 9.12. The van der Waals surface area contributed by atoms with Crippen molar-refractivity contribution in [2.45, 2.75) is 45.3 Å². The second-order valence-corrected chi connectivity index (χ2v) is 8.55. The monoisotopic (exact) mass is 449 g/mol. The van der Waals surface area contributed by atoms with Crippen molar-refractivity contribution < 1.29 is 19.1 Å². The van der Waals surface area contributed by atoms with Crippen LogP contribution in [0.2, 0.25) is 0 Å². The average Bonchev–Trinajstić information content (AvgIpc) is 3.29. The number of hydrogen-bond acceptors (Lipinski definition) is 5. The molecule has 1 aromatic carbocycles. The smallest absolute Gasteiger partial charge is 0.410 e. The average molecular weight is 450 g/mol. The Hall–Kier alpha value is -2.35. The highest BCUT2D eigenvalue weighted by Gasteiger charge is 2.34. The van der Waals surface area contributed by atoms with Crippen molar-refractivity contribution in [3.05, 3.63) is 40.3 Å². The zero-order valence-corrected chi connectivity index (χ0v) is 18.0. The van der Waals surface area contributed by atoms with Gasteiger partial charge in [0.05, 0.1) is 30.6 Å². The molecule has 2 heterocycles. The summed E-state index contributed by atoms with van der Waals surface area (Å²) in [6.45, 7) is 6.20. The number of H-pyrrole nitrogens is 1. The Balaban J connectivity index is 1.84. The van der Waals surface area contributed by atoms with E-state index in [-0.39, 0.29) is 12.1 Å². The molecule has 7 nitrogen and oxygen atoms in total. The maximum atomic E-state index is 12.5. The third-order valence-corrected chi connectivity index (χ3v) is 5.17. The van der Waals surface area contributed by atoms with Gasteiger partial charge in [0.25, 0.3) is 0 Å². The zero-order chi connectivity index (χ0) is 20.5. The molecule has 0 unspecified atom stereocenters. The van der Waals surface area contributed by atoms with Gasteiger partial charge in [0.2, 0.25) is 0 Å². The number of rotatable bonds is 3. The van der Waals surface area contributed by atoms with E-state index >= 15 is 0 Å². The molecule has 1 atom stereocenters. The number of imidazole rings is 1. The number of nitrogens with one attached hydrogen (secondary N) is 1.